The third kappa shape index (κ3) is 5.65. The van der Waals surface area contributed by atoms with Crippen LogP contribution in [0, 0.1) is 5.92 Å². The number of allylic oxidation sites excluding steroid dienone is 1. The molecule has 0 aliphatic heterocycles. The number of esters is 1. The summed E-state index contributed by atoms with van der Waals surface area (Å²) < 4.78 is 22.3. The Bertz CT molecular complexity index is 1260. The van der Waals surface area contributed by atoms with Crippen molar-refractivity contribution in [3.05, 3.63) is 76.1 Å². The number of amides is 1. The first-order chi connectivity index (χ1) is 17.4. The lowest BCUT2D eigenvalue weighted by atomic mass is 9.88. The molecule has 2 heterocycles. The van der Waals surface area contributed by atoms with E-state index in [9.17, 15) is 9.59 Å². The second-order valence-corrected chi connectivity index (χ2v) is 9.87. The summed E-state index contributed by atoms with van der Waals surface area (Å²) in [6.07, 6.45) is 5.26. The van der Waals surface area contributed by atoms with Gasteiger partial charge in [-0.1, -0.05) is 19.1 Å². The van der Waals surface area contributed by atoms with Gasteiger partial charge in [-0.05, 0) is 73.9 Å². The fraction of sp³-hybridized carbons (Fsp3) is 0.357. The second kappa shape index (κ2) is 11.5. The summed E-state index contributed by atoms with van der Waals surface area (Å²) in [4.78, 5) is 26.8. The SMILES string of the molecule is C=CCc1ccc(OCc2ccc(C(=O)Nc3sc4c(c3C(=O)OCC)CC[C@@H](C)C4)o2)c(OC)c1. The van der Waals surface area contributed by atoms with Gasteiger partial charge >= 0.3 is 5.97 Å². The maximum absolute atomic E-state index is 13.0. The Morgan fingerprint density at radius 3 is 2.83 bits per heavy atom. The molecule has 0 bridgehead atoms. The molecule has 0 saturated carbocycles. The number of nitrogens with one attached hydrogen (secondary N) is 1. The van der Waals surface area contributed by atoms with Crippen LogP contribution in [0.3, 0.4) is 0 Å². The highest BCUT2D eigenvalue weighted by Gasteiger charge is 2.29. The number of anilines is 1. The molecular weight excluding hydrogens is 478 g/mol. The van der Waals surface area contributed by atoms with Crippen LogP contribution in [0.5, 0.6) is 11.5 Å². The summed E-state index contributed by atoms with van der Waals surface area (Å²) in [6.45, 7) is 8.13. The zero-order chi connectivity index (χ0) is 25.7. The molecule has 4 rings (SSSR count). The number of hydrogen-bond acceptors (Lipinski definition) is 7. The molecular formula is C28H31NO6S. The molecule has 0 fully saturated rings. The van der Waals surface area contributed by atoms with Crippen molar-refractivity contribution in [2.24, 2.45) is 5.92 Å². The average Bonchev–Trinajstić information content (AvgIpc) is 3.47. The van der Waals surface area contributed by atoms with Crippen molar-refractivity contribution in [3.63, 3.8) is 0 Å². The standard InChI is InChI=1S/C28H31NO6S/c1-5-7-18-9-12-21(23(15-18)32-4)34-16-19-10-13-22(35-19)26(30)29-27-25(28(31)33-6-2)20-11-8-17(3)14-24(20)36-27/h5,9-10,12-13,15,17H,1,6-8,11,14,16H2,2-4H3,(H,29,30)/t17-/m1/s1. The largest absolute Gasteiger partial charge is 0.493 e. The number of thiophene rings is 1. The van der Waals surface area contributed by atoms with Gasteiger partial charge in [0.05, 0.1) is 19.3 Å². The van der Waals surface area contributed by atoms with Crippen LogP contribution in [0.2, 0.25) is 0 Å². The van der Waals surface area contributed by atoms with Crippen LogP contribution in [0.25, 0.3) is 0 Å². The molecule has 2 aromatic heterocycles. The van der Waals surface area contributed by atoms with Gasteiger partial charge in [-0.15, -0.1) is 17.9 Å². The monoisotopic (exact) mass is 509 g/mol. The fourth-order valence-corrected chi connectivity index (χ4v) is 5.67. The van der Waals surface area contributed by atoms with Gasteiger partial charge in [0.25, 0.3) is 5.91 Å². The van der Waals surface area contributed by atoms with Crippen molar-refractivity contribution < 1.29 is 28.2 Å². The van der Waals surface area contributed by atoms with Crippen LogP contribution in [0.15, 0.2) is 47.4 Å². The molecule has 0 unspecified atom stereocenters. The number of furan rings is 1. The number of fused-ring (bicyclic) bond motifs is 1. The molecule has 36 heavy (non-hydrogen) atoms. The predicted molar refractivity (Wildman–Crippen MR) is 139 cm³/mol. The van der Waals surface area contributed by atoms with E-state index in [-0.39, 0.29) is 19.0 Å². The first kappa shape index (κ1) is 25.6. The molecule has 7 nitrogen and oxygen atoms in total. The zero-order valence-electron chi connectivity index (χ0n) is 20.8. The van der Waals surface area contributed by atoms with E-state index in [0.29, 0.717) is 33.7 Å². The lowest BCUT2D eigenvalue weighted by Crippen LogP contribution is -2.16. The molecule has 1 aliphatic carbocycles. The van der Waals surface area contributed by atoms with Gasteiger partial charge in [-0.2, -0.15) is 0 Å². The van der Waals surface area contributed by atoms with Crippen molar-refractivity contribution in [1.29, 1.82) is 0 Å². The third-order valence-electron chi connectivity index (χ3n) is 6.08. The Kier molecular flexibility index (Phi) is 8.15. The van der Waals surface area contributed by atoms with Gasteiger partial charge in [0, 0.05) is 4.88 Å². The highest BCUT2D eigenvalue weighted by Crippen LogP contribution is 2.40. The van der Waals surface area contributed by atoms with E-state index in [1.165, 1.54) is 11.3 Å². The van der Waals surface area contributed by atoms with Gasteiger partial charge < -0.3 is 23.9 Å². The number of methoxy groups -OCH3 is 1. The van der Waals surface area contributed by atoms with E-state index in [4.69, 9.17) is 18.6 Å². The van der Waals surface area contributed by atoms with Crippen molar-refractivity contribution in [2.75, 3.05) is 19.0 Å². The lowest BCUT2D eigenvalue weighted by Gasteiger charge is -2.18. The normalized spacial score (nSPS) is 14.6. The number of ether oxygens (including phenoxy) is 3. The number of rotatable bonds is 10. The molecule has 1 atom stereocenters. The summed E-state index contributed by atoms with van der Waals surface area (Å²) >= 11 is 1.45. The van der Waals surface area contributed by atoms with Crippen LogP contribution in [-0.2, 0) is 30.6 Å². The van der Waals surface area contributed by atoms with Crippen molar-refractivity contribution in [1.82, 2.24) is 0 Å². The van der Waals surface area contributed by atoms with E-state index in [1.807, 2.05) is 24.3 Å². The van der Waals surface area contributed by atoms with Crippen LogP contribution >= 0.6 is 11.3 Å². The minimum Gasteiger partial charge on any atom is -0.493 e. The molecule has 0 spiro atoms. The maximum atomic E-state index is 13.0. The molecule has 1 N–H and O–H groups in total. The van der Waals surface area contributed by atoms with Crippen LogP contribution in [-0.4, -0.2) is 25.6 Å². The van der Waals surface area contributed by atoms with Gasteiger partial charge in [-0.3, -0.25) is 4.79 Å². The number of carbonyl (C=O) groups is 2. The molecule has 0 radical (unpaired) electrons. The first-order valence-electron chi connectivity index (χ1n) is 12.1. The Balaban J connectivity index is 1.46. The van der Waals surface area contributed by atoms with Crippen LogP contribution in [0.1, 0.15) is 62.9 Å². The summed E-state index contributed by atoms with van der Waals surface area (Å²) in [6, 6.07) is 8.98. The lowest BCUT2D eigenvalue weighted by molar-refractivity contribution is 0.0526. The zero-order valence-corrected chi connectivity index (χ0v) is 21.7. The molecule has 190 valence electrons. The Morgan fingerprint density at radius 1 is 1.25 bits per heavy atom. The minimum absolute atomic E-state index is 0.129. The number of hydrogen-bond donors (Lipinski definition) is 1. The Morgan fingerprint density at radius 2 is 2.08 bits per heavy atom. The summed E-state index contributed by atoms with van der Waals surface area (Å²) in [5.41, 5.74) is 2.53. The number of carbonyl (C=O) groups excluding carboxylic acids is 2. The van der Waals surface area contributed by atoms with Gasteiger partial charge in [-0.25, -0.2) is 4.79 Å². The van der Waals surface area contributed by atoms with E-state index >= 15 is 0 Å². The molecule has 8 heteroatoms. The predicted octanol–water partition coefficient (Wildman–Crippen LogP) is 6.21. The Hall–Kier alpha value is -3.52. The number of benzene rings is 1. The first-order valence-corrected chi connectivity index (χ1v) is 12.9. The third-order valence-corrected chi connectivity index (χ3v) is 7.25. The van der Waals surface area contributed by atoms with Gasteiger partial charge in [0.2, 0.25) is 0 Å². The van der Waals surface area contributed by atoms with Crippen molar-refractivity contribution in [2.45, 2.75) is 46.1 Å². The highest BCUT2D eigenvalue weighted by atomic mass is 32.1. The van der Waals surface area contributed by atoms with E-state index in [0.717, 1.165) is 41.7 Å². The second-order valence-electron chi connectivity index (χ2n) is 8.76. The van der Waals surface area contributed by atoms with E-state index < -0.39 is 11.9 Å². The van der Waals surface area contributed by atoms with Gasteiger partial charge in [0.1, 0.15) is 17.4 Å². The maximum Gasteiger partial charge on any atom is 0.341 e. The van der Waals surface area contributed by atoms with E-state index in [2.05, 4.69) is 18.8 Å². The quantitative estimate of drug-likeness (QED) is 0.258. The van der Waals surface area contributed by atoms with E-state index in [1.54, 1.807) is 26.2 Å². The van der Waals surface area contributed by atoms with Crippen LogP contribution < -0.4 is 14.8 Å². The molecule has 1 aliphatic rings. The van der Waals surface area contributed by atoms with Crippen LogP contribution in [0.4, 0.5) is 5.00 Å². The summed E-state index contributed by atoms with van der Waals surface area (Å²) in [7, 11) is 1.59. The minimum atomic E-state index is -0.426. The molecule has 0 saturated heterocycles. The molecule has 1 aromatic carbocycles. The van der Waals surface area contributed by atoms with Crippen molar-refractivity contribution in [3.8, 4) is 11.5 Å². The molecule has 1 amide bonds. The summed E-state index contributed by atoms with van der Waals surface area (Å²) in [5.74, 6) is 1.52. The van der Waals surface area contributed by atoms with Crippen molar-refractivity contribution >= 4 is 28.2 Å². The average molecular weight is 510 g/mol. The highest BCUT2D eigenvalue weighted by molar-refractivity contribution is 7.17. The fourth-order valence-electron chi connectivity index (χ4n) is 4.27. The molecule has 3 aromatic rings. The Labute approximate surface area is 215 Å². The topological polar surface area (TPSA) is 87.0 Å². The van der Waals surface area contributed by atoms with Gasteiger partial charge in [0.15, 0.2) is 17.3 Å². The smallest absolute Gasteiger partial charge is 0.341 e. The summed E-state index contributed by atoms with van der Waals surface area (Å²) in [5, 5.41) is 3.39.